The Kier molecular flexibility index (Phi) is 3.35. The van der Waals surface area contributed by atoms with E-state index in [1.165, 1.54) is 18.6 Å². The van der Waals surface area contributed by atoms with Crippen LogP contribution in [0, 0.1) is 0 Å². The van der Waals surface area contributed by atoms with E-state index in [4.69, 9.17) is 5.11 Å². The number of hydrogen-bond acceptors (Lipinski definition) is 4. The Labute approximate surface area is 70.3 Å². The normalized spacial score (nSPS) is 9.75. The molecule has 4 nitrogen and oxygen atoms in total. The van der Waals surface area contributed by atoms with Crippen molar-refractivity contribution < 1.29 is 9.90 Å². The van der Waals surface area contributed by atoms with Crippen LogP contribution >= 0.6 is 0 Å². The first-order chi connectivity index (χ1) is 5.84. The largest absolute Gasteiger partial charge is 0.396 e. The molecule has 0 saturated heterocycles. The lowest BCUT2D eigenvalue weighted by molar-refractivity contribution is 0.0966. The number of hydrogen-bond donors (Lipinski definition) is 1. The molecule has 4 heteroatoms. The monoisotopic (exact) mass is 166 g/mol. The molecule has 0 atom stereocenters. The highest BCUT2D eigenvalue weighted by Crippen LogP contribution is 1.99. The van der Waals surface area contributed by atoms with E-state index in [0.29, 0.717) is 18.5 Å². The Hall–Kier alpha value is -1.29. The van der Waals surface area contributed by atoms with Crippen molar-refractivity contribution in [2.45, 2.75) is 12.8 Å². The number of ketones is 1. The van der Waals surface area contributed by atoms with Crippen molar-refractivity contribution >= 4 is 5.78 Å². The molecule has 0 spiro atoms. The summed E-state index contributed by atoms with van der Waals surface area (Å²) in [5.41, 5.74) is 0.367. The van der Waals surface area contributed by atoms with Crippen LogP contribution in [0.3, 0.4) is 0 Å². The molecule has 0 unspecified atom stereocenters. The lowest BCUT2D eigenvalue weighted by atomic mass is 10.2. The van der Waals surface area contributed by atoms with Crippen LogP contribution in [-0.4, -0.2) is 27.5 Å². The van der Waals surface area contributed by atoms with Crippen LogP contribution in [0.1, 0.15) is 23.3 Å². The van der Waals surface area contributed by atoms with E-state index in [-0.39, 0.29) is 12.4 Å². The Morgan fingerprint density at radius 1 is 1.50 bits per heavy atom. The zero-order valence-electron chi connectivity index (χ0n) is 6.60. The van der Waals surface area contributed by atoms with Crippen molar-refractivity contribution in [3.8, 4) is 0 Å². The second-order valence-electron chi connectivity index (χ2n) is 2.34. The van der Waals surface area contributed by atoms with Crippen molar-refractivity contribution in [2.75, 3.05) is 6.61 Å². The van der Waals surface area contributed by atoms with Gasteiger partial charge in [-0.3, -0.25) is 9.78 Å². The van der Waals surface area contributed by atoms with Gasteiger partial charge in [-0.25, -0.2) is 4.98 Å². The standard InChI is InChI=1S/C8H10N2O2/c11-5-1-2-8(12)7-6-9-3-4-10-7/h3-4,6,11H,1-2,5H2. The van der Waals surface area contributed by atoms with Gasteiger partial charge in [-0.15, -0.1) is 0 Å². The van der Waals surface area contributed by atoms with E-state index < -0.39 is 0 Å². The van der Waals surface area contributed by atoms with Gasteiger partial charge >= 0.3 is 0 Å². The summed E-state index contributed by atoms with van der Waals surface area (Å²) in [6.45, 7) is 0.0337. The molecule has 1 aromatic heterocycles. The molecule has 0 aliphatic heterocycles. The minimum Gasteiger partial charge on any atom is -0.396 e. The fraction of sp³-hybridized carbons (Fsp3) is 0.375. The summed E-state index contributed by atoms with van der Waals surface area (Å²) in [5, 5.41) is 8.47. The number of aliphatic hydroxyl groups is 1. The number of aliphatic hydroxyl groups excluding tert-OH is 1. The Balaban J connectivity index is 2.54. The van der Waals surface area contributed by atoms with Crippen molar-refractivity contribution in [2.24, 2.45) is 0 Å². The molecule has 1 aromatic rings. The summed E-state index contributed by atoms with van der Waals surface area (Å²) in [6.07, 6.45) is 5.24. The smallest absolute Gasteiger partial charge is 0.182 e. The van der Waals surface area contributed by atoms with Gasteiger partial charge in [0.15, 0.2) is 5.78 Å². The summed E-state index contributed by atoms with van der Waals surface area (Å²) in [5.74, 6) is -0.0721. The summed E-state index contributed by atoms with van der Waals surface area (Å²) in [6, 6.07) is 0. The summed E-state index contributed by atoms with van der Waals surface area (Å²) < 4.78 is 0. The quantitative estimate of drug-likeness (QED) is 0.659. The van der Waals surface area contributed by atoms with Gasteiger partial charge in [0, 0.05) is 25.4 Å². The van der Waals surface area contributed by atoms with Gasteiger partial charge < -0.3 is 5.11 Å². The van der Waals surface area contributed by atoms with Gasteiger partial charge in [0.25, 0.3) is 0 Å². The number of rotatable bonds is 4. The molecule has 0 radical (unpaired) electrons. The molecule has 12 heavy (non-hydrogen) atoms. The first-order valence-electron chi connectivity index (χ1n) is 3.74. The van der Waals surface area contributed by atoms with Crippen LogP contribution in [-0.2, 0) is 0 Å². The SMILES string of the molecule is O=C(CCCO)c1cnccn1. The number of nitrogens with zero attached hydrogens (tertiary/aromatic N) is 2. The molecule has 0 bridgehead atoms. The fourth-order valence-electron chi connectivity index (χ4n) is 0.811. The van der Waals surface area contributed by atoms with E-state index in [1.54, 1.807) is 0 Å². The fourth-order valence-corrected chi connectivity index (χ4v) is 0.811. The highest BCUT2D eigenvalue weighted by Gasteiger charge is 2.05. The van der Waals surface area contributed by atoms with Crippen LogP contribution in [0.2, 0.25) is 0 Å². The number of Topliss-reactive ketones (excluding diaryl/α,β-unsaturated/α-hetero) is 1. The maximum Gasteiger partial charge on any atom is 0.182 e. The molecule has 0 fully saturated rings. The zero-order valence-corrected chi connectivity index (χ0v) is 6.60. The highest BCUT2D eigenvalue weighted by atomic mass is 16.3. The number of carbonyl (C=O) groups excluding carboxylic acids is 1. The van der Waals surface area contributed by atoms with Crippen molar-refractivity contribution in [1.29, 1.82) is 0 Å². The molecular formula is C8H10N2O2. The first-order valence-corrected chi connectivity index (χ1v) is 3.74. The number of aromatic nitrogens is 2. The molecule has 0 amide bonds. The van der Waals surface area contributed by atoms with Crippen LogP contribution in [0.15, 0.2) is 18.6 Å². The van der Waals surface area contributed by atoms with E-state index in [9.17, 15) is 4.79 Å². The zero-order chi connectivity index (χ0) is 8.81. The third kappa shape index (κ3) is 2.39. The van der Waals surface area contributed by atoms with E-state index >= 15 is 0 Å². The molecule has 1 N–H and O–H groups in total. The molecule has 0 aliphatic carbocycles. The topological polar surface area (TPSA) is 63.1 Å². The van der Waals surface area contributed by atoms with E-state index in [0.717, 1.165) is 0 Å². The van der Waals surface area contributed by atoms with Gasteiger partial charge in [-0.2, -0.15) is 0 Å². The van der Waals surface area contributed by atoms with Gasteiger partial charge in [-0.05, 0) is 6.42 Å². The molecule has 0 aromatic carbocycles. The molecule has 1 heterocycles. The Bertz CT molecular complexity index is 248. The summed E-state index contributed by atoms with van der Waals surface area (Å²) >= 11 is 0. The minimum atomic E-state index is -0.0721. The molecule has 64 valence electrons. The third-order valence-electron chi connectivity index (χ3n) is 1.41. The predicted octanol–water partition coefficient (Wildman–Crippen LogP) is 0.432. The van der Waals surface area contributed by atoms with Gasteiger partial charge in [0.2, 0.25) is 0 Å². The molecule has 0 aliphatic rings. The highest BCUT2D eigenvalue weighted by molar-refractivity contribution is 5.93. The second-order valence-corrected chi connectivity index (χ2v) is 2.34. The lowest BCUT2D eigenvalue weighted by Crippen LogP contribution is -2.03. The van der Waals surface area contributed by atoms with Gasteiger partial charge in [0.05, 0.1) is 6.20 Å². The maximum absolute atomic E-state index is 11.2. The average Bonchev–Trinajstić information content (AvgIpc) is 2.15. The van der Waals surface area contributed by atoms with Crippen molar-refractivity contribution in [3.63, 3.8) is 0 Å². The van der Waals surface area contributed by atoms with Crippen LogP contribution in [0.25, 0.3) is 0 Å². The Morgan fingerprint density at radius 3 is 2.92 bits per heavy atom. The van der Waals surface area contributed by atoms with Crippen molar-refractivity contribution in [3.05, 3.63) is 24.3 Å². The summed E-state index contributed by atoms with van der Waals surface area (Å²) in [4.78, 5) is 18.8. The van der Waals surface area contributed by atoms with Gasteiger partial charge in [-0.1, -0.05) is 0 Å². The molecule has 1 rings (SSSR count). The van der Waals surface area contributed by atoms with Crippen LogP contribution in [0.4, 0.5) is 0 Å². The number of carbonyl (C=O) groups is 1. The van der Waals surface area contributed by atoms with Crippen LogP contribution < -0.4 is 0 Å². The second kappa shape index (κ2) is 4.56. The van der Waals surface area contributed by atoms with Crippen LogP contribution in [0.5, 0.6) is 0 Å². The average molecular weight is 166 g/mol. The van der Waals surface area contributed by atoms with E-state index in [1.807, 2.05) is 0 Å². The van der Waals surface area contributed by atoms with Crippen molar-refractivity contribution in [1.82, 2.24) is 9.97 Å². The molecule has 0 saturated carbocycles. The first kappa shape index (κ1) is 8.80. The third-order valence-corrected chi connectivity index (χ3v) is 1.41. The maximum atomic E-state index is 11.2. The predicted molar refractivity (Wildman–Crippen MR) is 42.7 cm³/mol. The van der Waals surface area contributed by atoms with Gasteiger partial charge in [0.1, 0.15) is 5.69 Å². The molecular weight excluding hydrogens is 156 g/mol. The summed E-state index contributed by atoms with van der Waals surface area (Å²) in [7, 11) is 0. The van der Waals surface area contributed by atoms with E-state index in [2.05, 4.69) is 9.97 Å². The Morgan fingerprint density at radius 2 is 2.33 bits per heavy atom. The minimum absolute atomic E-state index is 0.0337. The lowest BCUT2D eigenvalue weighted by Gasteiger charge is -1.96.